The van der Waals surface area contributed by atoms with Gasteiger partial charge in [-0.2, -0.15) is 0 Å². The van der Waals surface area contributed by atoms with Crippen molar-refractivity contribution in [2.75, 3.05) is 13.2 Å². The third-order valence-electron chi connectivity index (χ3n) is 2.84. The van der Waals surface area contributed by atoms with E-state index in [2.05, 4.69) is 0 Å². The summed E-state index contributed by atoms with van der Waals surface area (Å²) in [5.74, 6) is 0.821. The van der Waals surface area contributed by atoms with Crippen LogP contribution in [0.15, 0.2) is 48.5 Å². The molecule has 0 atom stereocenters. The standard InChI is InChI=1S/C16H18ClNO2/c17-15-6-3-4-13(10-15)12-19-8-9-20-16-7-2-1-5-14(16)11-18/h1-7,10H,8-9,11-12,18H2. The van der Waals surface area contributed by atoms with Crippen molar-refractivity contribution in [3.05, 3.63) is 64.7 Å². The molecule has 0 heterocycles. The number of hydrogen-bond acceptors (Lipinski definition) is 3. The Balaban J connectivity index is 1.71. The molecule has 0 aliphatic heterocycles. The lowest BCUT2D eigenvalue weighted by Crippen LogP contribution is -2.09. The second-order valence-electron chi connectivity index (χ2n) is 4.34. The molecule has 0 fully saturated rings. The molecule has 0 aliphatic rings. The quantitative estimate of drug-likeness (QED) is 0.795. The van der Waals surface area contributed by atoms with E-state index in [1.807, 2.05) is 48.5 Å². The Morgan fingerprint density at radius 1 is 1.00 bits per heavy atom. The van der Waals surface area contributed by atoms with Crippen molar-refractivity contribution in [2.24, 2.45) is 5.73 Å². The summed E-state index contributed by atoms with van der Waals surface area (Å²) in [7, 11) is 0. The molecule has 0 bridgehead atoms. The van der Waals surface area contributed by atoms with Crippen LogP contribution >= 0.6 is 11.6 Å². The van der Waals surface area contributed by atoms with Crippen LogP contribution in [0, 0.1) is 0 Å². The summed E-state index contributed by atoms with van der Waals surface area (Å²) in [5, 5.41) is 0.722. The lowest BCUT2D eigenvalue weighted by Gasteiger charge is -2.10. The Hall–Kier alpha value is -1.55. The monoisotopic (exact) mass is 291 g/mol. The van der Waals surface area contributed by atoms with E-state index in [0.29, 0.717) is 26.4 Å². The molecule has 0 unspecified atom stereocenters. The SMILES string of the molecule is NCc1ccccc1OCCOCc1cccc(Cl)c1. The van der Waals surface area contributed by atoms with Gasteiger partial charge in [-0.1, -0.05) is 41.9 Å². The molecular weight excluding hydrogens is 274 g/mol. The van der Waals surface area contributed by atoms with Crippen LogP contribution in [0.1, 0.15) is 11.1 Å². The van der Waals surface area contributed by atoms with E-state index in [0.717, 1.165) is 21.9 Å². The fourth-order valence-electron chi connectivity index (χ4n) is 1.84. The van der Waals surface area contributed by atoms with Crippen LogP contribution in [0.3, 0.4) is 0 Å². The summed E-state index contributed by atoms with van der Waals surface area (Å²) >= 11 is 5.91. The highest BCUT2D eigenvalue weighted by atomic mass is 35.5. The molecule has 2 N–H and O–H groups in total. The van der Waals surface area contributed by atoms with Crippen molar-refractivity contribution in [1.29, 1.82) is 0 Å². The van der Waals surface area contributed by atoms with Gasteiger partial charge in [0.05, 0.1) is 13.2 Å². The highest BCUT2D eigenvalue weighted by Crippen LogP contribution is 2.17. The zero-order chi connectivity index (χ0) is 14.2. The summed E-state index contributed by atoms with van der Waals surface area (Å²) in [6.07, 6.45) is 0. The lowest BCUT2D eigenvalue weighted by molar-refractivity contribution is 0.0886. The van der Waals surface area contributed by atoms with E-state index in [-0.39, 0.29) is 0 Å². The molecular formula is C16H18ClNO2. The molecule has 0 saturated heterocycles. The Labute approximate surface area is 124 Å². The minimum absolute atomic E-state index is 0.472. The van der Waals surface area contributed by atoms with Crippen LogP contribution < -0.4 is 10.5 Å². The van der Waals surface area contributed by atoms with Crippen molar-refractivity contribution in [3.63, 3.8) is 0 Å². The zero-order valence-corrected chi connectivity index (χ0v) is 12.0. The largest absolute Gasteiger partial charge is 0.491 e. The molecule has 106 valence electrons. The maximum atomic E-state index is 5.91. The average Bonchev–Trinajstić information content (AvgIpc) is 2.47. The van der Waals surface area contributed by atoms with E-state index in [9.17, 15) is 0 Å². The summed E-state index contributed by atoms with van der Waals surface area (Å²) in [4.78, 5) is 0. The normalized spacial score (nSPS) is 10.5. The molecule has 0 aromatic heterocycles. The third kappa shape index (κ3) is 4.53. The van der Waals surface area contributed by atoms with E-state index >= 15 is 0 Å². The Morgan fingerprint density at radius 3 is 2.65 bits per heavy atom. The maximum absolute atomic E-state index is 5.91. The van der Waals surface area contributed by atoms with Crippen LogP contribution in [-0.4, -0.2) is 13.2 Å². The molecule has 0 saturated carbocycles. The number of rotatable bonds is 7. The van der Waals surface area contributed by atoms with E-state index in [4.69, 9.17) is 26.8 Å². The summed E-state index contributed by atoms with van der Waals surface area (Å²) in [5.41, 5.74) is 7.71. The molecule has 0 aliphatic carbocycles. The minimum atomic E-state index is 0.472. The van der Waals surface area contributed by atoms with Gasteiger partial charge in [-0.3, -0.25) is 0 Å². The summed E-state index contributed by atoms with van der Waals surface area (Å²) in [6.45, 7) is 2.02. The molecule has 0 spiro atoms. The maximum Gasteiger partial charge on any atom is 0.123 e. The second kappa shape index (κ2) is 7.90. The molecule has 0 amide bonds. The topological polar surface area (TPSA) is 44.5 Å². The average molecular weight is 292 g/mol. The minimum Gasteiger partial charge on any atom is -0.491 e. The first-order chi connectivity index (χ1) is 9.79. The first kappa shape index (κ1) is 14.9. The van der Waals surface area contributed by atoms with Crippen molar-refractivity contribution >= 4 is 11.6 Å². The van der Waals surface area contributed by atoms with Crippen LogP contribution in [0.4, 0.5) is 0 Å². The number of nitrogens with two attached hydrogens (primary N) is 1. The van der Waals surface area contributed by atoms with Gasteiger partial charge in [-0.05, 0) is 23.8 Å². The molecule has 2 rings (SSSR count). The predicted octanol–water partition coefficient (Wildman–Crippen LogP) is 3.39. The van der Waals surface area contributed by atoms with Crippen LogP contribution in [0.2, 0.25) is 5.02 Å². The van der Waals surface area contributed by atoms with Crippen LogP contribution in [-0.2, 0) is 17.9 Å². The van der Waals surface area contributed by atoms with Gasteiger partial charge in [0.15, 0.2) is 0 Å². The predicted molar refractivity (Wildman–Crippen MR) is 80.9 cm³/mol. The molecule has 2 aromatic rings. The Kier molecular flexibility index (Phi) is 5.87. The number of halogens is 1. The van der Waals surface area contributed by atoms with Crippen LogP contribution in [0.25, 0.3) is 0 Å². The van der Waals surface area contributed by atoms with Gasteiger partial charge in [0.1, 0.15) is 12.4 Å². The molecule has 2 aromatic carbocycles. The first-order valence-electron chi connectivity index (χ1n) is 6.52. The van der Waals surface area contributed by atoms with Crippen LogP contribution in [0.5, 0.6) is 5.75 Å². The van der Waals surface area contributed by atoms with E-state index in [1.54, 1.807) is 0 Å². The van der Waals surface area contributed by atoms with Gasteiger partial charge in [0, 0.05) is 17.1 Å². The van der Waals surface area contributed by atoms with Gasteiger partial charge in [0.2, 0.25) is 0 Å². The fraction of sp³-hybridized carbons (Fsp3) is 0.250. The van der Waals surface area contributed by atoms with Crippen molar-refractivity contribution in [3.8, 4) is 5.75 Å². The molecule has 20 heavy (non-hydrogen) atoms. The van der Waals surface area contributed by atoms with Gasteiger partial charge in [-0.25, -0.2) is 0 Å². The first-order valence-corrected chi connectivity index (χ1v) is 6.90. The summed E-state index contributed by atoms with van der Waals surface area (Å²) in [6, 6.07) is 15.4. The Morgan fingerprint density at radius 2 is 1.85 bits per heavy atom. The van der Waals surface area contributed by atoms with Gasteiger partial charge < -0.3 is 15.2 Å². The number of ether oxygens (including phenoxy) is 2. The number of para-hydroxylation sites is 1. The highest BCUT2D eigenvalue weighted by Gasteiger charge is 2.00. The Bertz CT molecular complexity index is 546. The molecule has 3 nitrogen and oxygen atoms in total. The molecule has 4 heteroatoms. The number of hydrogen-bond donors (Lipinski definition) is 1. The van der Waals surface area contributed by atoms with Gasteiger partial charge in [-0.15, -0.1) is 0 Å². The second-order valence-corrected chi connectivity index (χ2v) is 4.78. The van der Waals surface area contributed by atoms with Crippen molar-refractivity contribution in [1.82, 2.24) is 0 Å². The lowest BCUT2D eigenvalue weighted by atomic mass is 10.2. The van der Waals surface area contributed by atoms with Gasteiger partial charge in [0.25, 0.3) is 0 Å². The summed E-state index contributed by atoms with van der Waals surface area (Å²) < 4.78 is 11.2. The highest BCUT2D eigenvalue weighted by molar-refractivity contribution is 6.30. The third-order valence-corrected chi connectivity index (χ3v) is 3.07. The van der Waals surface area contributed by atoms with Gasteiger partial charge >= 0.3 is 0 Å². The van der Waals surface area contributed by atoms with E-state index in [1.165, 1.54) is 0 Å². The zero-order valence-electron chi connectivity index (χ0n) is 11.2. The van der Waals surface area contributed by atoms with E-state index < -0.39 is 0 Å². The van der Waals surface area contributed by atoms with Crippen molar-refractivity contribution < 1.29 is 9.47 Å². The fourth-order valence-corrected chi connectivity index (χ4v) is 2.05. The molecule has 0 radical (unpaired) electrons. The smallest absolute Gasteiger partial charge is 0.123 e. The number of benzene rings is 2. The van der Waals surface area contributed by atoms with Crippen molar-refractivity contribution in [2.45, 2.75) is 13.2 Å².